The van der Waals surface area contributed by atoms with Crippen LogP contribution in [0, 0.1) is 0 Å². The lowest BCUT2D eigenvalue weighted by atomic mass is 9.82. The summed E-state index contributed by atoms with van der Waals surface area (Å²) in [6.07, 6.45) is -9.80. The van der Waals surface area contributed by atoms with Gasteiger partial charge in [0.2, 0.25) is 0 Å². The van der Waals surface area contributed by atoms with Crippen molar-refractivity contribution in [1.82, 2.24) is 19.6 Å². The molecule has 1 fully saturated rings. The van der Waals surface area contributed by atoms with Crippen LogP contribution in [0.25, 0.3) is 5.82 Å². The molecule has 0 spiro atoms. The molecule has 15 heteroatoms. The van der Waals surface area contributed by atoms with Gasteiger partial charge in [-0.2, -0.15) is 45.3 Å². The van der Waals surface area contributed by atoms with Crippen LogP contribution in [0.2, 0.25) is 0 Å². The summed E-state index contributed by atoms with van der Waals surface area (Å²) in [6.45, 7) is 6.91. The van der Waals surface area contributed by atoms with E-state index in [0.717, 1.165) is 19.4 Å². The van der Waals surface area contributed by atoms with Gasteiger partial charge in [0.25, 0.3) is 0 Å². The van der Waals surface area contributed by atoms with E-state index in [1.54, 1.807) is 27.7 Å². The van der Waals surface area contributed by atoms with Crippen LogP contribution in [0.5, 0.6) is 0 Å². The summed E-state index contributed by atoms with van der Waals surface area (Å²) >= 11 is 0. The van der Waals surface area contributed by atoms with Crippen LogP contribution in [0.4, 0.5) is 35.1 Å². The molecule has 172 valence electrons. The number of aryl methyl sites for hydroxylation is 1. The fourth-order valence-electron chi connectivity index (χ4n) is 2.95. The second-order valence-electron chi connectivity index (χ2n) is 8.05. The monoisotopic (exact) mass is 460 g/mol. The third-order valence-electron chi connectivity index (χ3n) is 5.30. The van der Waals surface area contributed by atoms with Crippen molar-refractivity contribution in [3.05, 3.63) is 23.7 Å². The van der Waals surface area contributed by atoms with Gasteiger partial charge in [-0.1, -0.05) is 0 Å². The second-order valence-corrected chi connectivity index (χ2v) is 8.05. The van der Waals surface area contributed by atoms with Crippen LogP contribution in [-0.4, -0.2) is 44.1 Å². The molecule has 0 aromatic carbocycles. The molecule has 0 bridgehead atoms. The molecule has 3 rings (SSSR count). The van der Waals surface area contributed by atoms with Crippen LogP contribution >= 0.6 is 0 Å². The number of nitrogens with zero attached hydrogens (tertiary/aromatic N) is 4. The molecule has 0 aliphatic carbocycles. The molecule has 1 saturated heterocycles. The number of hydrogen-bond acceptors (Lipinski definition) is 4. The summed E-state index contributed by atoms with van der Waals surface area (Å²) in [4.78, 5) is 0. The van der Waals surface area contributed by atoms with Crippen molar-refractivity contribution in [2.24, 2.45) is 7.05 Å². The van der Waals surface area contributed by atoms with Crippen molar-refractivity contribution in [3.63, 3.8) is 0 Å². The van der Waals surface area contributed by atoms with Crippen LogP contribution in [0.3, 0.4) is 0 Å². The molecule has 31 heavy (non-hydrogen) atoms. The Hall–Kier alpha value is -2.16. The number of aromatic nitrogens is 4. The van der Waals surface area contributed by atoms with E-state index in [1.165, 1.54) is 0 Å². The summed E-state index contributed by atoms with van der Waals surface area (Å²) in [5, 5.41) is 6.54. The minimum absolute atomic E-state index is 0.136. The van der Waals surface area contributed by atoms with Crippen LogP contribution in [0.1, 0.15) is 39.0 Å². The highest BCUT2D eigenvalue weighted by Gasteiger charge is 2.64. The molecule has 3 heterocycles. The van der Waals surface area contributed by atoms with E-state index >= 15 is 0 Å². The number of rotatable bonds is 3. The molecule has 0 N–H and O–H groups in total. The molecule has 0 amide bonds. The number of alkyl halides is 8. The molecular weight excluding hydrogens is 443 g/mol. The summed E-state index contributed by atoms with van der Waals surface area (Å²) in [7, 11) is -0.242. The van der Waals surface area contributed by atoms with Gasteiger partial charge in [-0.3, -0.25) is 0 Å². The molecule has 1 aliphatic heterocycles. The predicted molar refractivity (Wildman–Crippen MR) is 91.0 cm³/mol. The van der Waals surface area contributed by atoms with E-state index < -0.39 is 53.7 Å². The Bertz CT molecular complexity index is 977. The highest BCUT2D eigenvalue weighted by atomic mass is 19.4. The van der Waals surface area contributed by atoms with Gasteiger partial charge >= 0.3 is 25.4 Å². The zero-order valence-corrected chi connectivity index (χ0v) is 16.9. The van der Waals surface area contributed by atoms with Crippen molar-refractivity contribution < 1.29 is 44.4 Å². The number of hydrogen-bond donors (Lipinski definition) is 0. The largest absolute Gasteiger partial charge is 0.498 e. The molecule has 0 unspecified atom stereocenters. The molecular formula is C16H17BF8N4O2. The molecule has 2 aromatic heterocycles. The van der Waals surface area contributed by atoms with Gasteiger partial charge in [-0.25, -0.2) is 9.36 Å². The van der Waals surface area contributed by atoms with Gasteiger partial charge in [0.05, 0.1) is 11.2 Å². The van der Waals surface area contributed by atoms with E-state index in [-0.39, 0.29) is 10.1 Å². The van der Waals surface area contributed by atoms with Gasteiger partial charge in [0.15, 0.2) is 11.5 Å². The fourth-order valence-corrected chi connectivity index (χ4v) is 2.95. The predicted octanol–water partition coefficient (Wildman–Crippen LogP) is 3.58. The Kier molecular flexibility index (Phi) is 5.06. The molecule has 0 atom stereocenters. The Morgan fingerprint density at radius 2 is 1.45 bits per heavy atom. The maximum Gasteiger partial charge on any atom is 0.498 e. The zero-order chi connectivity index (χ0) is 23.8. The minimum atomic E-state index is -6.28. The first-order valence-electron chi connectivity index (χ1n) is 8.79. The van der Waals surface area contributed by atoms with Crippen LogP contribution < -0.4 is 5.46 Å². The van der Waals surface area contributed by atoms with Crippen molar-refractivity contribution >= 4 is 12.6 Å². The van der Waals surface area contributed by atoms with Crippen LogP contribution in [-0.2, 0) is 28.5 Å². The standard InChI is InChI=1S/C16H17BF8N4O2/c1-12(2)13(3,4)31-17(30-12)8-6-26-29(7-8)11-9(15(20,21)22)10(27-28(11)5)14(18,19)16(23,24)25/h6-7H,1-5H3. The average Bonchev–Trinajstić information content (AvgIpc) is 3.20. The highest BCUT2D eigenvalue weighted by molar-refractivity contribution is 6.62. The van der Waals surface area contributed by atoms with Gasteiger partial charge in [-0.05, 0) is 27.7 Å². The molecule has 1 aliphatic rings. The van der Waals surface area contributed by atoms with E-state index in [2.05, 4.69) is 10.2 Å². The fraction of sp³-hybridized carbons (Fsp3) is 0.625. The maximum atomic E-state index is 13.8. The molecule has 6 nitrogen and oxygen atoms in total. The smallest absolute Gasteiger partial charge is 0.399 e. The first kappa shape index (κ1) is 23.5. The first-order chi connectivity index (χ1) is 13.8. The lowest BCUT2D eigenvalue weighted by Gasteiger charge is -2.32. The van der Waals surface area contributed by atoms with Crippen molar-refractivity contribution in [1.29, 1.82) is 0 Å². The maximum absolute atomic E-state index is 13.8. The van der Waals surface area contributed by atoms with Gasteiger partial charge in [0, 0.05) is 24.9 Å². The summed E-state index contributed by atoms with van der Waals surface area (Å²) in [6, 6.07) is 0. The SMILES string of the molecule is Cn1nc(C(F)(F)C(F)(F)F)c(C(F)(F)F)c1-n1cc(B2OC(C)(C)C(C)(C)O2)cn1. The summed E-state index contributed by atoms with van der Waals surface area (Å²) in [5.74, 6) is -6.95. The Morgan fingerprint density at radius 3 is 1.90 bits per heavy atom. The Morgan fingerprint density at radius 1 is 0.935 bits per heavy atom. The molecule has 0 radical (unpaired) electrons. The minimum Gasteiger partial charge on any atom is -0.399 e. The summed E-state index contributed by atoms with van der Waals surface area (Å²) in [5.41, 5.74) is -6.15. The van der Waals surface area contributed by atoms with E-state index in [9.17, 15) is 35.1 Å². The third kappa shape index (κ3) is 3.71. The van der Waals surface area contributed by atoms with E-state index in [4.69, 9.17) is 9.31 Å². The molecule has 0 saturated carbocycles. The lowest BCUT2D eigenvalue weighted by molar-refractivity contribution is -0.292. The highest BCUT2D eigenvalue weighted by Crippen LogP contribution is 2.49. The lowest BCUT2D eigenvalue weighted by Crippen LogP contribution is -2.41. The quantitative estimate of drug-likeness (QED) is 0.520. The van der Waals surface area contributed by atoms with Gasteiger partial charge in [-0.15, -0.1) is 0 Å². The molecule has 2 aromatic rings. The van der Waals surface area contributed by atoms with Crippen molar-refractivity contribution in [3.8, 4) is 5.82 Å². The summed E-state index contributed by atoms with van der Waals surface area (Å²) < 4.78 is 119. The normalized spacial score (nSPS) is 19.3. The zero-order valence-electron chi connectivity index (χ0n) is 16.9. The Balaban J connectivity index is 2.12. The first-order valence-corrected chi connectivity index (χ1v) is 8.79. The van der Waals surface area contributed by atoms with Crippen LogP contribution in [0.15, 0.2) is 12.4 Å². The van der Waals surface area contributed by atoms with Gasteiger partial charge < -0.3 is 9.31 Å². The topological polar surface area (TPSA) is 54.1 Å². The van der Waals surface area contributed by atoms with Crippen molar-refractivity contribution in [2.75, 3.05) is 0 Å². The second kappa shape index (κ2) is 6.67. The van der Waals surface area contributed by atoms with E-state index in [1.807, 2.05) is 0 Å². The number of halogens is 8. The van der Waals surface area contributed by atoms with Gasteiger partial charge in [0.1, 0.15) is 5.56 Å². The Labute approximate surface area is 171 Å². The van der Waals surface area contributed by atoms with Crippen molar-refractivity contribution in [2.45, 2.75) is 57.2 Å². The average molecular weight is 460 g/mol. The van der Waals surface area contributed by atoms with E-state index in [0.29, 0.717) is 4.68 Å². The third-order valence-corrected chi connectivity index (χ3v) is 5.30.